The summed E-state index contributed by atoms with van der Waals surface area (Å²) in [4.78, 5) is 54.8. The zero-order valence-corrected chi connectivity index (χ0v) is 24.0. The maximum Gasteiger partial charge on any atom is 0.481 e. The number of ether oxygens (including phenoxy) is 2. The number of hydrogen-bond acceptors (Lipinski definition) is 16. The number of H-pyrrole nitrogens is 1. The lowest BCUT2D eigenvalue weighted by molar-refractivity contribution is -0.115. The number of rotatable bonds is 11. The SMILES string of the molecule is NC(=O)C1=CN([C@@H]2O[C@H](COP(=O)(O)OP(=O)(O)OC[C@@H]3O[C@H](n4cnc5c(=O)[nH]cnc54)[C@H](O)[C@@H]3O)[C@H](O)[C@H]2O)C=CC1. The van der Waals surface area contributed by atoms with E-state index in [9.17, 15) is 48.9 Å². The number of carbonyl (C=O) groups is 1. The molecule has 0 saturated carbocycles. The van der Waals surface area contributed by atoms with Gasteiger partial charge in [-0.05, 0) is 6.42 Å². The summed E-state index contributed by atoms with van der Waals surface area (Å²) in [5, 5.41) is 41.6. The Kier molecular flexibility index (Phi) is 9.23. The van der Waals surface area contributed by atoms with Gasteiger partial charge >= 0.3 is 15.6 Å². The number of carbonyl (C=O) groups excluding carboxylic acids is 1. The molecule has 0 aromatic carbocycles. The highest BCUT2D eigenvalue weighted by Gasteiger charge is 2.48. The monoisotopic (exact) mass is 666 g/mol. The molecule has 1 amide bonds. The first-order valence-electron chi connectivity index (χ1n) is 12.7. The molecule has 0 aliphatic carbocycles. The first kappa shape index (κ1) is 32.5. The van der Waals surface area contributed by atoms with Gasteiger partial charge in [-0.15, -0.1) is 0 Å². The van der Waals surface area contributed by atoms with Crippen LogP contribution in [0.1, 0.15) is 12.6 Å². The molecule has 5 rings (SSSR count). The predicted molar refractivity (Wildman–Crippen MR) is 140 cm³/mol. The van der Waals surface area contributed by atoms with E-state index in [-0.39, 0.29) is 23.2 Å². The van der Waals surface area contributed by atoms with Crippen molar-refractivity contribution in [2.24, 2.45) is 5.73 Å². The molecule has 2 aromatic rings. The minimum absolute atomic E-state index is 0.00979. The van der Waals surface area contributed by atoms with E-state index >= 15 is 0 Å². The zero-order valence-electron chi connectivity index (χ0n) is 22.2. The van der Waals surface area contributed by atoms with E-state index in [2.05, 4.69) is 28.3 Å². The molecule has 0 spiro atoms. The third-order valence-corrected chi connectivity index (χ3v) is 9.46. The predicted octanol–water partition coefficient (Wildman–Crippen LogP) is -2.98. The quantitative estimate of drug-likeness (QED) is 0.111. The van der Waals surface area contributed by atoms with Crippen LogP contribution in [-0.2, 0) is 36.8 Å². The number of nitrogens with two attached hydrogens (primary N) is 1. The molecule has 3 aliphatic rings. The molecule has 242 valence electrons. The van der Waals surface area contributed by atoms with Gasteiger partial charge in [0.2, 0.25) is 5.91 Å². The zero-order chi connectivity index (χ0) is 32.0. The normalized spacial score (nSPS) is 33.3. The highest BCUT2D eigenvalue weighted by atomic mass is 31.3. The number of hydrogen-bond donors (Lipinski definition) is 8. The molecule has 21 nitrogen and oxygen atoms in total. The number of aromatic amines is 1. The van der Waals surface area contributed by atoms with Crippen molar-refractivity contribution >= 4 is 32.7 Å². The van der Waals surface area contributed by atoms with E-state index in [0.717, 1.165) is 17.2 Å². The van der Waals surface area contributed by atoms with Crippen LogP contribution in [-0.4, -0.2) is 117 Å². The summed E-state index contributed by atoms with van der Waals surface area (Å²) >= 11 is 0. The number of phosphoric acid groups is 2. The summed E-state index contributed by atoms with van der Waals surface area (Å²) in [6.45, 7) is -1.83. The Morgan fingerprint density at radius 2 is 1.59 bits per heavy atom. The summed E-state index contributed by atoms with van der Waals surface area (Å²) < 4.78 is 50.6. The van der Waals surface area contributed by atoms with Crippen molar-refractivity contribution in [2.45, 2.75) is 55.5 Å². The number of aliphatic hydroxyl groups excluding tert-OH is 4. The molecule has 0 radical (unpaired) electrons. The largest absolute Gasteiger partial charge is 0.481 e. The number of amides is 1. The smallest absolute Gasteiger partial charge is 0.387 e. The lowest BCUT2D eigenvalue weighted by Gasteiger charge is -2.28. The van der Waals surface area contributed by atoms with Gasteiger partial charge in [-0.3, -0.25) is 23.2 Å². The summed E-state index contributed by atoms with van der Waals surface area (Å²) in [6, 6.07) is 0. The van der Waals surface area contributed by atoms with E-state index in [0.29, 0.717) is 0 Å². The van der Waals surface area contributed by atoms with Gasteiger partial charge in [-0.2, -0.15) is 4.31 Å². The Morgan fingerprint density at radius 3 is 2.20 bits per heavy atom. The van der Waals surface area contributed by atoms with Crippen molar-refractivity contribution in [1.29, 1.82) is 0 Å². The van der Waals surface area contributed by atoms with Gasteiger partial charge in [-0.25, -0.2) is 19.1 Å². The minimum Gasteiger partial charge on any atom is -0.387 e. The maximum atomic E-state index is 12.4. The standard InChI is InChI=1S/C21H28N6O15P2/c22-17(32)9-2-1-3-26(4-9)20-15(30)13(28)10(40-20)5-38-43(34,35)42-44(36,37)39-6-11-14(29)16(31)21(41-11)27-8-25-12-18(27)23-7-24-19(12)33/h1,3-4,7-8,10-11,13-16,20-21,28-31H,2,5-6H2,(H2,22,32)(H,34,35)(H,36,37)(H,23,24,33)/t10-,11+,13+,14-,15-,16-,20-,21+/m1/s1. The van der Waals surface area contributed by atoms with Crippen LogP contribution >= 0.6 is 15.6 Å². The number of nitrogens with one attached hydrogen (secondary N) is 1. The molecule has 2 unspecified atom stereocenters. The van der Waals surface area contributed by atoms with Gasteiger partial charge in [0.15, 0.2) is 23.6 Å². The molecule has 2 saturated heterocycles. The van der Waals surface area contributed by atoms with Crippen LogP contribution in [0.5, 0.6) is 0 Å². The number of phosphoric ester groups is 2. The highest BCUT2D eigenvalue weighted by molar-refractivity contribution is 7.61. The third-order valence-electron chi connectivity index (χ3n) is 6.85. The molecule has 44 heavy (non-hydrogen) atoms. The number of nitrogens with zero attached hydrogens (tertiary/aromatic N) is 4. The Hall–Kier alpha value is -2.88. The Bertz CT molecular complexity index is 1610. The molecule has 2 aromatic heterocycles. The van der Waals surface area contributed by atoms with Crippen LogP contribution in [0.4, 0.5) is 0 Å². The van der Waals surface area contributed by atoms with Crippen molar-refractivity contribution < 1.29 is 67.0 Å². The van der Waals surface area contributed by atoms with Crippen LogP contribution in [0.2, 0.25) is 0 Å². The lowest BCUT2D eigenvalue weighted by Crippen LogP contribution is -2.40. The fourth-order valence-electron chi connectivity index (χ4n) is 4.67. The second-order valence-electron chi connectivity index (χ2n) is 9.81. The summed E-state index contributed by atoms with van der Waals surface area (Å²) in [5.41, 5.74) is 4.81. The van der Waals surface area contributed by atoms with Crippen LogP contribution in [0.25, 0.3) is 11.2 Å². The van der Waals surface area contributed by atoms with Crippen LogP contribution in [0.3, 0.4) is 0 Å². The van der Waals surface area contributed by atoms with Gasteiger partial charge in [-0.1, -0.05) is 6.08 Å². The Balaban J connectivity index is 1.15. The molecule has 9 N–H and O–H groups in total. The summed E-state index contributed by atoms with van der Waals surface area (Å²) in [5.74, 6) is -0.715. The van der Waals surface area contributed by atoms with E-state index < -0.39 is 89.4 Å². The molecular formula is C21H28N6O15P2. The van der Waals surface area contributed by atoms with Crippen molar-refractivity contribution in [3.05, 3.63) is 47.1 Å². The fraction of sp³-hybridized carbons (Fsp3) is 0.524. The van der Waals surface area contributed by atoms with E-state index in [1.165, 1.54) is 17.3 Å². The van der Waals surface area contributed by atoms with Gasteiger partial charge in [0, 0.05) is 18.0 Å². The van der Waals surface area contributed by atoms with Crippen LogP contribution < -0.4 is 11.3 Å². The second-order valence-corrected chi connectivity index (χ2v) is 12.9. The average Bonchev–Trinajstić information content (AvgIpc) is 3.61. The van der Waals surface area contributed by atoms with Crippen molar-refractivity contribution in [1.82, 2.24) is 24.4 Å². The number of fused-ring (bicyclic) bond motifs is 1. The Labute approximate surface area is 245 Å². The number of imidazole rings is 1. The molecular weight excluding hydrogens is 638 g/mol. The first-order valence-corrected chi connectivity index (χ1v) is 15.7. The van der Waals surface area contributed by atoms with Crippen molar-refractivity contribution in [2.75, 3.05) is 13.2 Å². The van der Waals surface area contributed by atoms with Crippen molar-refractivity contribution in [3.63, 3.8) is 0 Å². The highest BCUT2D eigenvalue weighted by Crippen LogP contribution is 2.60. The lowest BCUT2D eigenvalue weighted by atomic mass is 10.1. The van der Waals surface area contributed by atoms with E-state index in [4.69, 9.17) is 15.2 Å². The van der Waals surface area contributed by atoms with E-state index in [1.54, 1.807) is 6.08 Å². The number of primary amides is 1. The fourth-order valence-corrected chi connectivity index (χ4v) is 6.76. The van der Waals surface area contributed by atoms with Gasteiger partial charge in [0.1, 0.15) is 36.6 Å². The number of aromatic nitrogens is 4. The summed E-state index contributed by atoms with van der Waals surface area (Å²) in [7, 11) is -10.8. The average molecular weight is 666 g/mol. The van der Waals surface area contributed by atoms with Crippen molar-refractivity contribution in [3.8, 4) is 0 Å². The summed E-state index contributed by atoms with van der Waals surface area (Å²) in [6.07, 6.45) is -5.30. The molecule has 0 bridgehead atoms. The second kappa shape index (κ2) is 12.5. The number of allylic oxidation sites excluding steroid dienone is 1. The van der Waals surface area contributed by atoms with Gasteiger partial charge in [0.25, 0.3) is 5.56 Å². The minimum atomic E-state index is -5.39. The first-order chi connectivity index (χ1) is 20.7. The molecule has 5 heterocycles. The van der Waals surface area contributed by atoms with E-state index in [1.807, 2.05) is 0 Å². The maximum absolute atomic E-state index is 12.4. The number of aliphatic hydroxyl groups is 4. The van der Waals surface area contributed by atoms with Gasteiger partial charge in [0.05, 0.1) is 25.9 Å². The topological polar surface area (TPSA) is 312 Å². The third kappa shape index (κ3) is 6.70. The molecule has 23 heteroatoms. The molecule has 3 aliphatic heterocycles. The van der Waals surface area contributed by atoms with Gasteiger partial charge < -0.3 is 55.3 Å². The molecule has 2 fully saturated rings. The van der Waals surface area contributed by atoms with Crippen LogP contribution in [0, 0.1) is 0 Å². The molecule has 10 atom stereocenters. The van der Waals surface area contributed by atoms with Crippen LogP contribution in [0.15, 0.2) is 41.5 Å². The Morgan fingerprint density at radius 1 is 1.00 bits per heavy atom.